The molecule has 3 heterocycles. The number of primary amides is 1. The molecule has 2 aromatic heterocycles. The van der Waals surface area contributed by atoms with Gasteiger partial charge < -0.3 is 15.6 Å². The Morgan fingerprint density at radius 1 is 1.02 bits per heavy atom. The molecule has 0 unspecified atom stereocenters. The second-order valence-electron chi connectivity index (χ2n) is 11.0. The minimum atomic E-state index is -3.51. The molecule has 0 bridgehead atoms. The Balaban J connectivity index is 1.36. The molecule has 1 atom stereocenters. The number of hydrogen-bond donors (Lipinski definition) is 3. The Labute approximate surface area is 229 Å². The number of rotatable bonds is 6. The van der Waals surface area contributed by atoms with Gasteiger partial charge in [-0.1, -0.05) is 18.6 Å². The molecule has 2 saturated carbocycles. The smallest absolute Gasteiger partial charge is 0.264 e. The van der Waals surface area contributed by atoms with Crippen LogP contribution in [0.25, 0.3) is 21.8 Å². The summed E-state index contributed by atoms with van der Waals surface area (Å²) in [6, 6.07) is 9.60. The quantitative estimate of drug-likeness (QED) is 0.328. The van der Waals surface area contributed by atoms with E-state index in [0.717, 1.165) is 59.7 Å². The van der Waals surface area contributed by atoms with Crippen molar-refractivity contribution in [3.05, 3.63) is 80.6 Å². The molecule has 2 aromatic carbocycles. The van der Waals surface area contributed by atoms with Crippen LogP contribution < -0.4 is 16.2 Å². The van der Waals surface area contributed by atoms with E-state index in [0.29, 0.717) is 22.5 Å². The van der Waals surface area contributed by atoms with Crippen molar-refractivity contribution in [2.45, 2.75) is 50.0 Å². The average Bonchev–Trinajstić information content (AvgIpc) is 3.54. The van der Waals surface area contributed by atoms with E-state index in [2.05, 4.69) is 15.2 Å². The molecule has 4 N–H and O–H groups in total. The minimum Gasteiger partial charge on any atom is -0.366 e. The number of carbonyl (C=O) groups excluding carboxylic acids is 2. The highest BCUT2D eigenvalue weighted by atomic mass is 32.2. The van der Waals surface area contributed by atoms with Crippen LogP contribution >= 0.6 is 0 Å². The van der Waals surface area contributed by atoms with Crippen molar-refractivity contribution < 1.29 is 18.0 Å². The maximum atomic E-state index is 14.1. The van der Waals surface area contributed by atoms with E-state index in [1.807, 2.05) is 12.1 Å². The van der Waals surface area contributed by atoms with Crippen molar-refractivity contribution in [2.75, 3.05) is 10.7 Å². The van der Waals surface area contributed by atoms with E-state index in [4.69, 9.17) is 5.73 Å². The van der Waals surface area contributed by atoms with Crippen LogP contribution in [-0.2, 0) is 9.84 Å². The highest BCUT2D eigenvalue weighted by molar-refractivity contribution is 7.94. The van der Waals surface area contributed by atoms with E-state index in [9.17, 15) is 22.8 Å². The van der Waals surface area contributed by atoms with E-state index in [1.54, 1.807) is 18.2 Å². The van der Waals surface area contributed by atoms with Crippen molar-refractivity contribution in [3.63, 3.8) is 0 Å². The summed E-state index contributed by atoms with van der Waals surface area (Å²) in [6.07, 6.45) is 6.54. The van der Waals surface area contributed by atoms with Gasteiger partial charge in [0.25, 0.3) is 17.4 Å². The second kappa shape index (κ2) is 8.88. The van der Waals surface area contributed by atoms with Gasteiger partial charge in [0, 0.05) is 28.1 Å². The van der Waals surface area contributed by atoms with E-state index in [-0.39, 0.29) is 22.8 Å². The lowest BCUT2D eigenvalue weighted by molar-refractivity contribution is 0.0979. The van der Waals surface area contributed by atoms with Crippen molar-refractivity contribution in [1.29, 1.82) is 0 Å². The second-order valence-corrected chi connectivity index (χ2v) is 12.9. The fourth-order valence-electron chi connectivity index (χ4n) is 5.94. The monoisotopic (exact) mass is 557 g/mol. The number of carbonyl (C=O) groups is 2. The van der Waals surface area contributed by atoms with Gasteiger partial charge in [-0.15, -0.1) is 0 Å². The Morgan fingerprint density at radius 2 is 1.82 bits per heavy atom. The zero-order valence-electron chi connectivity index (χ0n) is 21.5. The molecular weight excluding hydrogens is 530 g/mol. The first kappa shape index (κ1) is 24.8. The molecule has 0 spiro atoms. The van der Waals surface area contributed by atoms with Crippen LogP contribution in [0.1, 0.15) is 75.9 Å². The molecule has 2 fully saturated rings. The number of amides is 2. The first-order chi connectivity index (χ1) is 19.2. The van der Waals surface area contributed by atoms with Crippen LogP contribution in [-0.4, -0.2) is 47.2 Å². The highest BCUT2D eigenvalue weighted by Gasteiger charge is 2.35. The number of fused-ring (bicyclic) bond motifs is 2. The van der Waals surface area contributed by atoms with Crippen molar-refractivity contribution in [1.82, 2.24) is 15.2 Å². The summed E-state index contributed by atoms with van der Waals surface area (Å²) in [5.74, 6) is -0.982. The number of sulfone groups is 1. The fourth-order valence-corrected chi connectivity index (χ4v) is 7.20. The summed E-state index contributed by atoms with van der Waals surface area (Å²) in [6.45, 7) is 0. The lowest BCUT2D eigenvalue weighted by Crippen LogP contribution is -2.43. The molecule has 10 nitrogen and oxygen atoms in total. The van der Waals surface area contributed by atoms with Gasteiger partial charge in [-0.2, -0.15) is 5.10 Å². The number of hydrogen-bond acceptors (Lipinski definition) is 6. The number of nitrogens with one attached hydrogen (secondary N) is 2. The first-order valence-electron chi connectivity index (χ1n) is 13.4. The molecule has 2 amide bonds. The number of aromatic amines is 2. The van der Waals surface area contributed by atoms with Crippen LogP contribution in [0.3, 0.4) is 0 Å². The normalized spacial score (nSPS) is 20.1. The number of anilines is 1. The topological polar surface area (TPSA) is 159 Å². The predicted molar refractivity (Wildman–Crippen MR) is 151 cm³/mol. The van der Waals surface area contributed by atoms with Crippen molar-refractivity contribution in [2.24, 2.45) is 5.73 Å². The highest BCUT2D eigenvalue weighted by Crippen LogP contribution is 2.43. The summed E-state index contributed by atoms with van der Waals surface area (Å²) < 4.78 is 24.7. The number of benzene rings is 2. The fraction of sp³-hybridized carbons (Fsp3) is 0.310. The Hall–Kier alpha value is -4.25. The average molecular weight is 558 g/mol. The van der Waals surface area contributed by atoms with E-state index < -0.39 is 33.3 Å². The Kier molecular flexibility index (Phi) is 5.50. The van der Waals surface area contributed by atoms with E-state index >= 15 is 0 Å². The zero-order valence-corrected chi connectivity index (χ0v) is 22.3. The summed E-state index contributed by atoms with van der Waals surface area (Å²) in [5, 5.41) is 9.94. The maximum Gasteiger partial charge on any atom is 0.264 e. The van der Waals surface area contributed by atoms with Crippen LogP contribution in [0.5, 0.6) is 0 Å². The van der Waals surface area contributed by atoms with Crippen molar-refractivity contribution >= 4 is 49.1 Å². The molecule has 1 aliphatic heterocycles. The number of pyridine rings is 1. The predicted octanol–water partition coefficient (Wildman–Crippen LogP) is 3.61. The standard InChI is InChI=1S/C29H27N5O5S/c30-27(35)24-20(15-2-1-3-15)8-6-17-12-22(28(36)31-26(17)24)29(37)34(19-10-11-40(38,39)14-19)18-7-9-23-21(13-18)25(33-32-23)16-4-5-16/h6-13,15-16,19H,1-5,14H2,(H2,30,35)(H,31,36)(H,32,33)/t19-/m1/s1. The first-order valence-corrected chi connectivity index (χ1v) is 15.1. The molecule has 11 heteroatoms. The van der Waals surface area contributed by atoms with E-state index in [1.165, 1.54) is 17.0 Å². The summed E-state index contributed by atoms with van der Waals surface area (Å²) in [5.41, 5.74) is 8.50. The SMILES string of the molecule is NC(=O)c1c(C2CCC2)ccc2cc(C(=O)N(c3ccc4n[nH]c(C5CC5)c4c3)[C@@H]3C=CS(=O)(=O)C3)c(=O)[nH]c12. The van der Waals surface area contributed by atoms with Gasteiger partial charge in [0.05, 0.1) is 28.4 Å². The molecule has 0 radical (unpaired) electrons. The van der Waals surface area contributed by atoms with Crippen molar-refractivity contribution in [3.8, 4) is 0 Å². The Bertz CT molecular complexity index is 1930. The third-order valence-corrected chi connectivity index (χ3v) is 9.74. The molecule has 0 saturated heterocycles. The molecule has 7 rings (SSSR count). The maximum absolute atomic E-state index is 14.1. The van der Waals surface area contributed by atoms with Gasteiger partial charge in [0.15, 0.2) is 9.84 Å². The molecule has 4 aromatic rings. The molecule has 3 aliphatic rings. The van der Waals surface area contributed by atoms with Gasteiger partial charge in [-0.3, -0.25) is 19.5 Å². The van der Waals surface area contributed by atoms with Gasteiger partial charge in [0.2, 0.25) is 0 Å². The minimum absolute atomic E-state index is 0.160. The summed E-state index contributed by atoms with van der Waals surface area (Å²) >= 11 is 0. The van der Waals surface area contributed by atoms with Crippen LogP contribution in [0.2, 0.25) is 0 Å². The molecule has 40 heavy (non-hydrogen) atoms. The van der Waals surface area contributed by atoms with Crippen LogP contribution in [0.15, 0.2) is 52.7 Å². The van der Waals surface area contributed by atoms with Gasteiger partial charge in [0.1, 0.15) is 5.56 Å². The summed E-state index contributed by atoms with van der Waals surface area (Å²) in [4.78, 5) is 44.1. The number of aromatic nitrogens is 3. The Morgan fingerprint density at radius 3 is 2.48 bits per heavy atom. The zero-order chi connectivity index (χ0) is 27.8. The lowest BCUT2D eigenvalue weighted by Gasteiger charge is -2.28. The summed E-state index contributed by atoms with van der Waals surface area (Å²) in [7, 11) is -3.51. The van der Waals surface area contributed by atoms with Crippen LogP contribution in [0.4, 0.5) is 5.69 Å². The third kappa shape index (κ3) is 4.03. The third-order valence-electron chi connectivity index (χ3n) is 8.37. The molecule has 204 valence electrons. The van der Waals surface area contributed by atoms with Gasteiger partial charge in [-0.05, 0) is 72.9 Å². The van der Waals surface area contributed by atoms with Gasteiger partial charge >= 0.3 is 0 Å². The number of H-pyrrole nitrogens is 2. The van der Waals surface area contributed by atoms with Crippen LogP contribution in [0, 0.1) is 0 Å². The van der Waals surface area contributed by atoms with Gasteiger partial charge in [-0.25, -0.2) is 8.42 Å². The number of nitrogens with zero attached hydrogens (tertiary/aromatic N) is 2. The molecule has 2 aliphatic carbocycles. The molecular formula is C29H27N5O5S. The largest absolute Gasteiger partial charge is 0.366 e. The lowest BCUT2D eigenvalue weighted by atomic mass is 9.77. The number of nitrogens with two attached hydrogens (primary N) is 1.